The van der Waals surface area contributed by atoms with Crippen LogP contribution >= 0.6 is 0 Å². The van der Waals surface area contributed by atoms with Gasteiger partial charge in [0.1, 0.15) is 11.7 Å². The molecule has 1 unspecified atom stereocenters. The Morgan fingerprint density at radius 2 is 2.28 bits per heavy atom. The van der Waals surface area contributed by atoms with E-state index in [-0.39, 0.29) is 17.8 Å². The molecule has 5 N–H and O–H groups in total. The largest absolute Gasteiger partial charge is 0.370 e. The van der Waals surface area contributed by atoms with E-state index in [1.165, 1.54) is 0 Å². The van der Waals surface area contributed by atoms with E-state index < -0.39 is 6.04 Å². The highest BCUT2D eigenvalue weighted by Crippen LogP contribution is 2.21. The van der Waals surface area contributed by atoms with Gasteiger partial charge in [-0.05, 0) is 19.3 Å². The van der Waals surface area contributed by atoms with Crippen LogP contribution in [0.2, 0.25) is 0 Å². The van der Waals surface area contributed by atoms with Gasteiger partial charge in [0.2, 0.25) is 5.91 Å². The van der Waals surface area contributed by atoms with Crippen LogP contribution in [0.15, 0.2) is 16.8 Å². The molecular formula is C11H17N5O2. The van der Waals surface area contributed by atoms with Crippen molar-refractivity contribution < 1.29 is 9.59 Å². The standard InChI is InChI=1S/C11H17N5O2/c12-11(13)14-5-1-3-7-10(18)16-6-2-4-8(16)9(17)15-7/h4,7H,1-3,5-6H2,(H,15,17)(H4,12,13,14). The molecule has 7 heteroatoms. The maximum absolute atomic E-state index is 12.1. The fourth-order valence-corrected chi connectivity index (χ4v) is 2.19. The quantitative estimate of drug-likeness (QED) is 0.326. The first-order valence-corrected chi connectivity index (χ1v) is 5.97. The lowest BCUT2D eigenvalue weighted by molar-refractivity contribution is -0.139. The molecule has 2 aliphatic heterocycles. The molecule has 2 aliphatic rings. The summed E-state index contributed by atoms with van der Waals surface area (Å²) in [4.78, 5) is 29.2. The minimum atomic E-state index is -0.457. The van der Waals surface area contributed by atoms with Crippen molar-refractivity contribution in [2.75, 3.05) is 13.1 Å². The highest BCUT2D eigenvalue weighted by molar-refractivity contribution is 6.05. The number of fused-ring (bicyclic) bond motifs is 1. The zero-order valence-electron chi connectivity index (χ0n) is 10.1. The first kappa shape index (κ1) is 12.4. The molecule has 1 saturated heterocycles. The van der Waals surface area contributed by atoms with E-state index in [2.05, 4.69) is 10.3 Å². The molecule has 0 aromatic carbocycles. The van der Waals surface area contributed by atoms with Crippen molar-refractivity contribution >= 4 is 17.8 Å². The first-order valence-electron chi connectivity index (χ1n) is 5.97. The average molecular weight is 251 g/mol. The molecule has 2 rings (SSSR count). The van der Waals surface area contributed by atoms with Gasteiger partial charge in [0.25, 0.3) is 5.91 Å². The van der Waals surface area contributed by atoms with Gasteiger partial charge < -0.3 is 21.7 Å². The van der Waals surface area contributed by atoms with Crippen LogP contribution in [0.4, 0.5) is 0 Å². The van der Waals surface area contributed by atoms with Gasteiger partial charge in [0.15, 0.2) is 5.96 Å². The average Bonchev–Trinajstić information content (AvgIpc) is 2.80. The third-order valence-corrected chi connectivity index (χ3v) is 3.03. The third kappa shape index (κ3) is 2.44. The van der Waals surface area contributed by atoms with Gasteiger partial charge in [0, 0.05) is 13.1 Å². The Labute approximate surface area is 105 Å². The number of carbonyl (C=O) groups is 2. The monoisotopic (exact) mass is 251 g/mol. The summed E-state index contributed by atoms with van der Waals surface area (Å²) < 4.78 is 0. The van der Waals surface area contributed by atoms with E-state index in [0.29, 0.717) is 31.6 Å². The summed E-state index contributed by atoms with van der Waals surface area (Å²) >= 11 is 0. The Kier molecular flexibility index (Phi) is 3.50. The Hall–Kier alpha value is -2.05. The molecule has 0 radical (unpaired) electrons. The molecule has 0 aromatic rings. The number of hydrogen-bond acceptors (Lipinski definition) is 3. The van der Waals surface area contributed by atoms with Crippen molar-refractivity contribution in [3.8, 4) is 0 Å². The summed E-state index contributed by atoms with van der Waals surface area (Å²) in [6.07, 6.45) is 3.74. The van der Waals surface area contributed by atoms with Crippen molar-refractivity contribution in [3.63, 3.8) is 0 Å². The minimum Gasteiger partial charge on any atom is -0.370 e. The number of nitrogens with two attached hydrogens (primary N) is 2. The van der Waals surface area contributed by atoms with Crippen LogP contribution in [0.3, 0.4) is 0 Å². The lowest BCUT2D eigenvalue weighted by Gasteiger charge is -2.31. The van der Waals surface area contributed by atoms with Crippen molar-refractivity contribution in [1.82, 2.24) is 10.2 Å². The highest BCUT2D eigenvalue weighted by atomic mass is 16.2. The van der Waals surface area contributed by atoms with Gasteiger partial charge in [-0.1, -0.05) is 6.08 Å². The van der Waals surface area contributed by atoms with E-state index >= 15 is 0 Å². The van der Waals surface area contributed by atoms with E-state index in [1.54, 1.807) is 11.0 Å². The molecule has 18 heavy (non-hydrogen) atoms. The SMILES string of the molecule is NC(N)=NCCCC1NC(=O)C2=CCCN2C1=O. The lowest BCUT2D eigenvalue weighted by Crippen LogP contribution is -2.55. The number of hydrogen-bond donors (Lipinski definition) is 3. The molecule has 2 amide bonds. The van der Waals surface area contributed by atoms with Gasteiger partial charge in [-0.25, -0.2) is 0 Å². The summed E-state index contributed by atoms with van der Waals surface area (Å²) in [7, 11) is 0. The van der Waals surface area contributed by atoms with E-state index in [0.717, 1.165) is 6.42 Å². The van der Waals surface area contributed by atoms with Gasteiger partial charge in [-0.2, -0.15) is 0 Å². The fourth-order valence-electron chi connectivity index (χ4n) is 2.19. The fraction of sp³-hybridized carbons (Fsp3) is 0.545. The van der Waals surface area contributed by atoms with Crippen LogP contribution in [0, 0.1) is 0 Å². The van der Waals surface area contributed by atoms with Crippen LogP contribution in [-0.2, 0) is 9.59 Å². The van der Waals surface area contributed by atoms with Crippen molar-refractivity contribution in [2.45, 2.75) is 25.3 Å². The summed E-state index contributed by atoms with van der Waals surface area (Å²) in [5, 5.41) is 2.72. The van der Waals surface area contributed by atoms with Crippen LogP contribution in [0.1, 0.15) is 19.3 Å². The van der Waals surface area contributed by atoms with Gasteiger partial charge in [-0.3, -0.25) is 14.6 Å². The number of aliphatic imine (C=N–C) groups is 1. The van der Waals surface area contributed by atoms with Crippen LogP contribution < -0.4 is 16.8 Å². The number of carbonyl (C=O) groups excluding carboxylic acids is 2. The minimum absolute atomic E-state index is 0.0388. The number of amides is 2. The maximum atomic E-state index is 12.1. The number of nitrogens with one attached hydrogen (secondary N) is 1. The third-order valence-electron chi connectivity index (χ3n) is 3.03. The van der Waals surface area contributed by atoms with E-state index in [4.69, 9.17) is 11.5 Å². The Bertz CT molecular complexity index is 425. The molecule has 0 aromatic heterocycles. The second kappa shape index (κ2) is 5.07. The van der Waals surface area contributed by atoms with Crippen LogP contribution in [0.5, 0.6) is 0 Å². The smallest absolute Gasteiger partial charge is 0.268 e. The maximum Gasteiger partial charge on any atom is 0.268 e. The molecule has 1 fully saturated rings. The number of piperazine rings is 1. The summed E-state index contributed by atoms with van der Waals surface area (Å²) in [5.74, 6) is -0.166. The van der Waals surface area contributed by atoms with Crippen LogP contribution in [-0.4, -0.2) is 41.8 Å². The molecule has 0 aliphatic carbocycles. The van der Waals surface area contributed by atoms with Gasteiger partial charge >= 0.3 is 0 Å². The van der Waals surface area contributed by atoms with Crippen molar-refractivity contribution in [1.29, 1.82) is 0 Å². The van der Waals surface area contributed by atoms with E-state index in [9.17, 15) is 9.59 Å². The number of rotatable bonds is 4. The molecular weight excluding hydrogens is 234 g/mol. The van der Waals surface area contributed by atoms with Crippen LogP contribution in [0.25, 0.3) is 0 Å². The molecule has 2 heterocycles. The highest BCUT2D eigenvalue weighted by Gasteiger charge is 2.37. The van der Waals surface area contributed by atoms with Gasteiger partial charge in [0.05, 0.1) is 0 Å². The molecule has 98 valence electrons. The van der Waals surface area contributed by atoms with E-state index in [1.807, 2.05) is 0 Å². The summed E-state index contributed by atoms with van der Waals surface area (Å²) in [6, 6.07) is -0.457. The zero-order valence-corrected chi connectivity index (χ0v) is 10.1. The summed E-state index contributed by atoms with van der Waals surface area (Å²) in [6.45, 7) is 1.07. The zero-order chi connectivity index (χ0) is 13.1. The lowest BCUT2D eigenvalue weighted by atomic mass is 10.1. The molecule has 0 saturated carbocycles. The second-order valence-electron chi connectivity index (χ2n) is 4.34. The van der Waals surface area contributed by atoms with Gasteiger partial charge in [-0.15, -0.1) is 0 Å². The summed E-state index contributed by atoms with van der Waals surface area (Å²) in [5.41, 5.74) is 10.9. The molecule has 1 atom stereocenters. The van der Waals surface area contributed by atoms with Crippen molar-refractivity contribution in [3.05, 3.63) is 11.8 Å². The Balaban J connectivity index is 1.90. The normalized spacial score (nSPS) is 22.3. The topological polar surface area (TPSA) is 114 Å². The van der Waals surface area contributed by atoms with Crippen molar-refractivity contribution in [2.24, 2.45) is 16.5 Å². The number of guanidine groups is 1. The Morgan fingerprint density at radius 3 is 3.00 bits per heavy atom. The molecule has 0 bridgehead atoms. The first-order chi connectivity index (χ1) is 8.59. The molecule has 7 nitrogen and oxygen atoms in total. The second-order valence-corrected chi connectivity index (χ2v) is 4.34. The molecule has 0 spiro atoms. The predicted octanol–water partition coefficient (Wildman–Crippen LogP) is -1.35. The Morgan fingerprint density at radius 1 is 1.50 bits per heavy atom. The number of nitrogens with zero attached hydrogens (tertiary/aromatic N) is 2. The predicted molar refractivity (Wildman–Crippen MR) is 66.3 cm³/mol.